The van der Waals surface area contributed by atoms with Gasteiger partial charge < -0.3 is 20.1 Å². The molecule has 0 saturated heterocycles. The van der Waals surface area contributed by atoms with Crippen molar-refractivity contribution in [3.05, 3.63) is 12.1 Å². The summed E-state index contributed by atoms with van der Waals surface area (Å²) in [5, 5.41) is 0. The van der Waals surface area contributed by atoms with Gasteiger partial charge >= 0.3 is 0 Å². The zero-order valence-corrected chi connectivity index (χ0v) is 12.3. The number of nitrogens with two attached hydrogens (primary N) is 1. The lowest BCUT2D eigenvalue weighted by Gasteiger charge is -2.12. The molecule has 0 aliphatic rings. The largest absolute Gasteiger partial charge is 0.478 e. The van der Waals surface area contributed by atoms with Gasteiger partial charge in [0, 0.05) is 12.6 Å². The van der Waals surface area contributed by atoms with E-state index in [4.69, 9.17) is 15.2 Å². The van der Waals surface area contributed by atoms with Gasteiger partial charge in [-0.25, -0.2) is 0 Å². The number of rotatable bonds is 8. The van der Waals surface area contributed by atoms with Gasteiger partial charge in [-0.3, -0.25) is 0 Å². The SMILES string of the molecule is CC(C)COc1nc(OCCCN(C)C)ccc1N. The highest BCUT2D eigenvalue weighted by molar-refractivity contribution is 5.49. The zero-order valence-electron chi connectivity index (χ0n) is 12.3. The van der Waals surface area contributed by atoms with Gasteiger partial charge in [-0.15, -0.1) is 0 Å². The van der Waals surface area contributed by atoms with Gasteiger partial charge in [-0.05, 0) is 32.5 Å². The van der Waals surface area contributed by atoms with Crippen molar-refractivity contribution in [3.63, 3.8) is 0 Å². The predicted octanol–water partition coefficient (Wildman–Crippen LogP) is 2.03. The fourth-order valence-electron chi connectivity index (χ4n) is 1.43. The number of hydrogen-bond acceptors (Lipinski definition) is 5. The van der Waals surface area contributed by atoms with E-state index in [0.717, 1.165) is 13.0 Å². The van der Waals surface area contributed by atoms with Crippen molar-refractivity contribution in [3.8, 4) is 11.8 Å². The first kappa shape index (κ1) is 15.6. The molecule has 0 radical (unpaired) electrons. The van der Waals surface area contributed by atoms with Crippen LogP contribution in [0.25, 0.3) is 0 Å². The Morgan fingerprint density at radius 2 is 2.00 bits per heavy atom. The summed E-state index contributed by atoms with van der Waals surface area (Å²) >= 11 is 0. The lowest BCUT2D eigenvalue weighted by atomic mass is 10.2. The molecule has 5 heteroatoms. The number of hydrogen-bond donors (Lipinski definition) is 1. The van der Waals surface area contributed by atoms with E-state index >= 15 is 0 Å². The molecule has 0 aliphatic heterocycles. The standard InChI is InChI=1S/C14H25N3O2/c1-11(2)10-19-14-12(15)6-7-13(16-14)18-9-5-8-17(3)4/h6-7,11H,5,8-10,15H2,1-4H3. The predicted molar refractivity (Wildman–Crippen MR) is 77.6 cm³/mol. The first-order valence-corrected chi connectivity index (χ1v) is 6.66. The molecule has 0 saturated carbocycles. The third-order valence-electron chi connectivity index (χ3n) is 2.42. The first-order valence-electron chi connectivity index (χ1n) is 6.66. The highest BCUT2D eigenvalue weighted by Gasteiger charge is 2.06. The quantitative estimate of drug-likeness (QED) is 0.730. The van der Waals surface area contributed by atoms with Gasteiger partial charge in [-0.1, -0.05) is 13.8 Å². The molecule has 0 bridgehead atoms. The van der Waals surface area contributed by atoms with E-state index in [1.165, 1.54) is 0 Å². The van der Waals surface area contributed by atoms with Crippen molar-refractivity contribution in [2.45, 2.75) is 20.3 Å². The lowest BCUT2D eigenvalue weighted by molar-refractivity contribution is 0.247. The molecule has 1 heterocycles. The highest BCUT2D eigenvalue weighted by Crippen LogP contribution is 2.22. The number of nitrogen functional groups attached to an aromatic ring is 1. The van der Waals surface area contributed by atoms with E-state index in [1.807, 2.05) is 14.1 Å². The maximum atomic E-state index is 5.82. The average Bonchev–Trinajstić information content (AvgIpc) is 2.34. The Morgan fingerprint density at radius 3 is 2.63 bits per heavy atom. The van der Waals surface area contributed by atoms with E-state index < -0.39 is 0 Å². The Hall–Kier alpha value is -1.49. The number of anilines is 1. The van der Waals surface area contributed by atoms with Gasteiger partial charge in [0.2, 0.25) is 11.8 Å². The van der Waals surface area contributed by atoms with Crippen molar-refractivity contribution in [1.82, 2.24) is 9.88 Å². The van der Waals surface area contributed by atoms with Gasteiger partial charge in [0.25, 0.3) is 0 Å². The van der Waals surface area contributed by atoms with Crippen molar-refractivity contribution in [1.29, 1.82) is 0 Å². The number of aromatic nitrogens is 1. The maximum Gasteiger partial charge on any atom is 0.240 e. The van der Waals surface area contributed by atoms with E-state index in [-0.39, 0.29) is 0 Å². The highest BCUT2D eigenvalue weighted by atomic mass is 16.5. The van der Waals surface area contributed by atoms with Crippen molar-refractivity contribution >= 4 is 5.69 Å². The molecular formula is C14H25N3O2. The number of ether oxygens (including phenoxy) is 2. The molecule has 1 rings (SSSR count). The normalized spacial score (nSPS) is 11.1. The molecule has 0 unspecified atom stereocenters. The van der Waals surface area contributed by atoms with Crippen molar-refractivity contribution in [2.75, 3.05) is 39.6 Å². The molecular weight excluding hydrogens is 242 g/mol. The molecule has 108 valence electrons. The van der Waals surface area contributed by atoms with Crippen LogP contribution >= 0.6 is 0 Å². The van der Waals surface area contributed by atoms with Gasteiger partial charge in [0.05, 0.1) is 18.9 Å². The first-order chi connectivity index (χ1) is 8.99. The van der Waals surface area contributed by atoms with Crippen LogP contribution in [0.5, 0.6) is 11.8 Å². The summed E-state index contributed by atoms with van der Waals surface area (Å²) < 4.78 is 11.1. The minimum atomic E-state index is 0.436. The van der Waals surface area contributed by atoms with E-state index in [9.17, 15) is 0 Å². The van der Waals surface area contributed by atoms with Crippen LogP contribution < -0.4 is 15.2 Å². The molecule has 0 fully saturated rings. The summed E-state index contributed by atoms with van der Waals surface area (Å²) in [4.78, 5) is 6.40. The molecule has 5 nitrogen and oxygen atoms in total. The molecule has 1 aromatic heterocycles. The van der Waals surface area contributed by atoms with Crippen LogP contribution in [0.4, 0.5) is 5.69 Å². The van der Waals surface area contributed by atoms with Gasteiger partial charge in [0.15, 0.2) is 0 Å². The van der Waals surface area contributed by atoms with E-state index in [1.54, 1.807) is 12.1 Å². The fourth-order valence-corrected chi connectivity index (χ4v) is 1.43. The molecule has 19 heavy (non-hydrogen) atoms. The van der Waals surface area contributed by atoms with Crippen molar-refractivity contribution < 1.29 is 9.47 Å². The molecule has 0 spiro atoms. The van der Waals surface area contributed by atoms with Crippen LogP contribution in [0.15, 0.2) is 12.1 Å². The lowest BCUT2D eigenvalue weighted by Crippen LogP contribution is -2.15. The van der Waals surface area contributed by atoms with Gasteiger partial charge in [0.1, 0.15) is 0 Å². The van der Waals surface area contributed by atoms with Gasteiger partial charge in [-0.2, -0.15) is 4.98 Å². The van der Waals surface area contributed by atoms with Crippen LogP contribution in [0.1, 0.15) is 20.3 Å². The Kier molecular flexibility index (Phi) is 6.42. The van der Waals surface area contributed by atoms with Crippen LogP contribution in [0.3, 0.4) is 0 Å². The third-order valence-corrected chi connectivity index (χ3v) is 2.42. The summed E-state index contributed by atoms with van der Waals surface area (Å²) in [6.45, 7) is 6.39. The second-order valence-electron chi connectivity index (χ2n) is 5.25. The Labute approximate surface area is 115 Å². The van der Waals surface area contributed by atoms with Crippen molar-refractivity contribution in [2.24, 2.45) is 5.92 Å². The molecule has 1 aromatic rings. The molecule has 0 atom stereocenters. The average molecular weight is 267 g/mol. The number of pyridine rings is 1. The Balaban J connectivity index is 2.48. The third kappa shape index (κ3) is 6.29. The summed E-state index contributed by atoms with van der Waals surface area (Å²) in [6, 6.07) is 3.54. The summed E-state index contributed by atoms with van der Waals surface area (Å²) in [5.74, 6) is 1.45. The topological polar surface area (TPSA) is 60.6 Å². The van der Waals surface area contributed by atoms with Crippen LogP contribution in [0, 0.1) is 5.92 Å². The molecule has 0 aliphatic carbocycles. The summed E-state index contributed by atoms with van der Waals surface area (Å²) in [6.07, 6.45) is 0.960. The van der Waals surface area contributed by atoms with Crippen LogP contribution in [-0.4, -0.2) is 43.7 Å². The van der Waals surface area contributed by atoms with Crippen LogP contribution in [-0.2, 0) is 0 Å². The zero-order chi connectivity index (χ0) is 14.3. The second kappa shape index (κ2) is 7.84. The summed E-state index contributed by atoms with van der Waals surface area (Å²) in [7, 11) is 4.08. The molecule has 2 N–H and O–H groups in total. The monoisotopic (exact) mass is 267 g/mol. The maximum absolute atomic E-state index is 5.82. The van der Waals surface area contributed by atoms with Crippen LogP contribution in [0.2, 0.25) is 0 Å². The Morgan fingerprint density at radius 1 is 1.26 bits per heavy atom. The van der Waals surface area contributed by atoms with E-state index in [2.05, 4.69) is 23.7 Å². The minimum Gasteiger partial charge on any atom is -0.478 e. The minimum absolute atomic E-state index is 0.436. The molecule has 0 amide bonds. The smallest absolute Gasteiger partial charge is 0.240 e. The van der Waals surface area contributed by atoms with E-state index in [0.29, 0.717) is 36.6 Å². The second-order valence-corrected chi connectivity index (χ2v) is 5.25. The molecule has 0 aromatic carbocycles. The number of nitrogens with zero attached hydrogens (tertiary/aromatic N) is 2. The summed E-state index contributed by atoms with van der Waals surface area (Å²) in [5.41, 5.74) is 6.36. The fraction of sp³-hybridized carbons (Fsp3) is 0.643. The Bertz CT molecular complexity index is 381.